The van der Waals surface area contributed by atoms with Crippen molar-refractivity contribution in [3.05, 3.63) is 56.0 Å². The summed E-state index contributed by atoms with van der Waals surface area (Å²) in [5.74, 6) is 1.34. The number of thiophene rings is 1. The zero-order valence-corrected chi connectivity index (χ0v) is 19.8. The average Bonchev–Trinajstić information content (AvgIpc) is 3.04. The van der Waals surface area contributed by atoms with Crippen LogP contribution >= 0.6 is 43.2 Å². The minimum Gasteiger partial charge on any atom is -0.506 e. The van der Waals surface area contributed by atoms with Gasteiger partial charge in [0.1, 0.15) is 16.8 Å². The fourth-order valence-electron chi connectivity index (χ4n) is 2.79. The molecule has 0 spiro atoms. The summed E-state index contributed by atoms with van der Waals surface area (Å²) in [4.78, 5) is 5.41. The number of aromatic hydroxyl groups is 1. The number of ether oxygens (including phenoxy) is 2. The molecule has 0 saturated heterocycles. The summed E-state index contributed by atoms with van der Waals surface area (Å²) in [5, 5.41) is 20.5. The van der Waals surface area contributed by atoms with Gasteiger partial charge in [-0.2, -0.15) is 5.26 Å². The van der Waals surface area contributed by atoms with Crippen LogP contribution in [0.4, 0.5) is 5.00 Å². The molecule has 0 amide bonds. The molecule has 148 valence electrons. The number of hydrogen-bond donors (Lipinski definition) is 1. The van der Waals surface area contributed by atoms with Crippen LogP contribution < -0.4 is 9.47 Å². The van der Waals surface area contributed by atoms with Gasteiger partial charge in [0, 0.05) is 21.1 Å². The van der Waals surface area contributed by atoms with E-state index >= 15 is 0 Å². The molecule has 0 aliphatic heterocycles. The zero-order valence-electron chi connectivity index (χ0n) is 15.8. The van der Waals surface area contributed by atoms with Gasteiger partial charge in [0.05, 0.1) is 24.3 Å². The van der Waals surface area contributed by atoms with Crippen molar-refractivity contribution in [2.75, 3.05) is 14.2 Å². The Labute approximate surface area is 189 Å². The molecule has 0 saturated carbocycles. The number of nitrogens with zero attached hydrogens (tertiary/aromatic N) is 2. The molecule has 3 aromatic rings. The van der Waals surface area contributed by atoms with Crippen LogP contribution in [0.3, 0.4) is 0 Å². The Hall–Kier alpha value is -2.34. The van der Waals surface area contributed by atoms with E-state index in [0.29, 0.717) is 32.1 Å². The number of rotatable bonds is 5. The van der Waals surface area contributed by atoms with Crippen LogP contribution in [-0.2, 0) is 0 Å². The van der Waals surface area contributed by atoms with E-state index in [-0.39, 0.29) is 5.75 Å². The largest absolute Gasteiger partial charge is 0.506 e. The van der Waals surface area contributed by atoms with E-state index in [0.717, 1.165) is 20.5 Å². The molecule has 0 unspecified atom stereocenters. The average molecular weight is 536 g/mol. The third-order valence-corrected chi connectivity index (χ3v) is 6.58. The molecule has 1 heterocycles. The maximum Gasteiger partial charge on any atom is 0.161 e. The van der Waals surface area contributed by atoms with Crippen molar-refractivity contribution >= 4 is 54.4 Å². The van der Waals surface area contributed by atoms with Crippen molar-refractivity contribution in [3.8, 4) is 33.8 Å². The van der Waals surface area contributed by atoms with Crippen LogP contribution in [0, 0.1) is 18.3 Å². The second-order valence-corrected chi connectivity index (χ2v) is 8.77. The van der Waals surface area contributed by atoms with Gasteiger partial charge < -0.3 is 14.6 Å². The topological polar surface area (TPSA) is 74.8 Å². The summed E-state index contributed by atoms with van der Waals surface area (Å²) in [6.45, 7) is 1.90. The zero-order chi connectivity index (χ0) is 21.1. The Morgan fingerprint density at radius 1 is 1.14 bits per heavy atom. The third-order valence-electron chi connectivity index (χ3n) is 4.26. The monoisotopic (exact) mass is 534 g/mol. The lowest BCUT2D eigenvalue weighted by atomic mass is 10.1. The molecule has 29 heavy (non-hydrogen) atoms. The number of phenolic OH excluding ortho intramolecular Hbond substituents is 1. The second kappa shape index (κ2) is 8.99. The van der Waals surface area contributed by atoms with Crippen LogP contribution in [0.25, 0.3) is 10.4 Å². The van der Waals surface area contributed by atoms with Crippen LogP contribution in [-0.4, -0.2) is 25.5 Å². The standard InChI is InChI=1S/C21H16Br2N2O3S/c1-11-15(9-24)21(25-10-13-6-14(22)8-16(23)19(13)26)29-20(11)12-4-5-17(27-2)18(7-12)28-3/h4-8,10,26H,1-3H3/b25-10+. The minimum absolute atomic E-state index is 0.0869. The van der Waals surface area contributed by atoms with Gasteiger partial charge in [0.25, 0.3) is 0 Å². The molecule has 0 bridgehead atoms. The van der Waals surface area contributed by atoms with E-state index < -0.39 is 0 Å². The summed E-state index contributed by atoms with van der Waals surface area (Å²) >= 11 is 8.12. The summed E-state index contributed by atoms with van der Waals surface area (Å²) in [5.41, 5.74) is 2.80. The SMILES string of the molecule is COc1ccc(-c2sc(/N=C/c3cc(Br)cc(Br)c3O)c(C#N)c2C)cc1OC. The highest BCUT2D eigenvalue weighted by molar-refractivity contribution is 9.11. The number of aliphatic imine (C=N–C) groups is 1. The third kappa shape index (κ3) is 4.32. The van der Waals surface area contributed by atoms with E-state index in [2.05, 4.69) is 42.9 Å². The summed E-state index contributed by atoms with van der Waals surface area (Å²) < 4.78 is 12.0. The summed E-state index contributed by atoms with van der Waals surface area (Å²) in [6.07, 6.45) is 1.55. The lowest BCUT2D eigenvalue weighted by molar-refractivity contribution is 0.355. The van der Waals surface area contributed by atoms with E-state index in [9.17, 15) is 10.4 Å². The number of benzene rings is 2. The van der Waals surface area contributed by atoms with Crippen molar-refractivity contribution in [3.63, 3.8) is 0 Å². The Kier molecular flexibility index (Phi) is 6.63. The van der Waals surface area contributed by atoms with Gasteiger partial charge in [-0.1, -0.05) is 15.9 Å². The lowest BCUT2D eigenvalue weighted by Crippen LogP contribution is -1.90. The van der Waals surface area contributed by atoms with Gasteiger partial charge in [0.15, 0.2) is 11.5 Å². The molecule has 2 aromatic carbocycles. The van der Waals surface area contributed by atoms with Gasteiger partial charge in [-0.3, -0.25) is 0 Å². The van der Waals surface area contributed by atoms with Crippen molar-refractivity contribution in [1.29, 1.82) is 5.26 Å². The number of nitriles is 1. The van der Waals surface area contributed by atoms with Gasteiger partial charge in [-0.15, -0.1) is 11.3 Å². The Balaban J connectivity index is 2.07. The predicted molar refractivity (Wildman–Crippen MR) is 123 cm³/mol. The minimum atomic E-state index is 0.0869. The van der Waals surface area contributed by atoms with Gasteiger partial charge >= 0.3 is 0 Å². The molecule has 1 aromatic heterocycles. The highest BCUT2D eigenvalue weighted by Crippen LogP contribution is 2.43. The highest BCUT2D eigenvalue weighted by atomic mass is 79.9. The second-order valence-electron chi connectivity index (χ2n) is 6.00. The van der Waals surface area contributed by atoms with E-state index in [1.807, 2.05) is 25.1 Å². The first-order chi connectivity index (χ1) is 13.9. The van der Waals surface area contributed by atoms with Gasteiger partial charge in [0.2, 0.25) is 0 Å². The summed E-state index contributed by atoms with van der Waals surface area (Å²) in [7, 11) is 3.17. The molecule has 0 aliphatic carbocycles. The van der Waals surface area contributed by atoms with E-state index in [4.69, 9.17) is 9.47 Å². The van der Waals surface area contributed by atoms with Crippen molar-refractivity contribution in [1.82, 2.24) is 0 Å². The van der Waals surface area contributed by atoms with Gasteiger partial charge in [-0.25, -0.2) is 4.99 Å². The molecular formula is C21H16Br2N2O3S. The fraction of sp³-hybridized carbons (Fsp3) is 0.143. The normalized spacial score (nSPS) is 10.9. The number of methoxy groups -OCH3 is 2. The maximum absolute atomic E-state index is 10.2. The highest BCUT2D eigenvalue weighted by Gasteiger charge is 2.17. The molecule has 0 aliphatic rings. The van der Waals surface area contributed by atoms with Crippen molar-refractivity contribution in [2.45, 2.75) is 6.92 Å². The van der Waals surface area contributed by atoms with Crippen LogP contribution in [0.1, 0.15) is 16.7 Å². The molecule has 3 rings (SSSR count). The Morgan fingerprint density at radius 2 is 1.86 bits per heavy atom. The molecule has 8 heteroatoms. The first kappa shape index (κ1) is 21.4. The molecule has 0 fully saturated rings. The number of hydrogen-bond acceptors (Lipinski definition) is 6. The number of phenols is 1. The fourth-order valence-corrected chi connectivity index (χ4v) is 5.14. The molecule has 1 N–H and O–H groups in total. The maximum atomic E-state index is 10.2. The first-order valence-electron chi connectivity index (χ1n) is 8.37. The van der Waals surface area contributed by atoms with Gasteiger partial charge in [-0.05, 0) is 64.3 Å². The van der Waals surface area contributed by atoms with Crippen LogP contribution in [0.5, 0.6) is 17.2 Å². The smallest absolute Gasteiger partial charge is 0.161 e. The van der Waals surface area contributed by atoms with Crippen LogP contribution in [0.15, 0.2) is 44.3 Å². The predicted octanol–water partition coefficient (Wildman–Crippen LogP) is 6.59. The van der Waals surface area contributed by atoms with E-state index in [1.54, 1.807) is 32.6 Å². The quantitative estimate of drug-likeness (QED) is 0.374. The molecular weight excluding hydrogens is 520 g/mol. The van der Waals surface area contributed by atoms with Crippen molar-refractivity contribution in [2.24, 2.45) is 4.99 Å². The first-order valence-corrected chi connectivity index (χ1v) is 10.8. The van der Waals surface area contributed by atoms with E-state index in [1.165, 1.54) is 11.3 Å². The Morgan fingerprint density at radius 3 is 2.52 bits per heavy atom. The van der Waals surface area contributed by atoms with Crippen LogP contribution in [0.2, 0.25) is 0 Å². The summed E-state index contributed by atoms with van der Waals surface area (Å²) in [6, 6.07) is 11.4. The molecule has 0 atom stereocenters. The lowest BCUT2D eigenvalue weighted by Gasteiger charge is -2.09. The van der Waals surface area contributed by atoms with Crippen molar-refractivity contribution < 1.29 is 14.6 Å². The Bertz CT molecular complexity index is 1150. The number of halogens is 2. The molecule has 0 radical (unpaired) electrons. The molecule has 5 nitrogen and oxygen atoms in total.